The molecular weight excluding hydrogens is 436 g/mol. The zero-order chi connectivity index (χ0) is 23.9. The first-order valence-electron chi connectivity index (χ1n) is 11.6. The lowest BCUT2D eigenvalue weighted by Crippen LogP contribution is -2.54. The van der Waals surface area contributed by atoms with Crippen LogP contribution in [0.4, 0.5) is 17.1 Å². The molecule has 2 aromatic rings. The van der Waals surface area contributed by atoms with E-state index in [0.29, 0.717) is 23.5 Å². The summed E-state index contributed by atoms with van der Waals surface area (Å²) in [6, 6.07) is 9.79. The Balaban J connectivity index is 1.53. The molecule has 6 rings (SSSR count). The molecule has 0 saturated carbocycles. The summed E-state index contributed by atoms with van der Waals surface area (Å²) in [4.78, 5) is 55.5. The zero-order valence-electron chi connectivity index (χ0n) is 18.9. The number of nitro groups is 1. The van der Waals surface area contributed by atoms with Crippen molar-refractivity contribution in [1.82, 2.24) is 4.90 Å². The van der Waals surface area contributed by atoms with E-state index in [4.69, 9.17) is 0 Å². The number of aryl methyl sites for hydroxylation is 2. The molecule has 9 heteroatoms. The lowest BCUT2D eigenvalue weighted by molar-refractivity contribution is -0.384. The van der Waals surface area contributed by atoms with Crippen LogP contribution in [0.1, 0.15) is 36.5 Å². The van der Waals surface area contributed by atoms with Gasteiger partial charge in [-0.1, -0.05) is 19.1 Å². The fourth-order valence-corrected chi connectivity index (χ4v) is 6.71. The number of nitro benzene ring substituents is 1. The van der Waals surface area contributed by atoms with Crippen molar-refractivity contribution in [2.75, 3.05) is 16.8 Å². The van der Waals surface area contributed by atoms with Gasteiger partial charge in [0.1, 0.15) is 5.54 Å². The van der Waals surface area contributed by atoms with Crippen LogP contribution < -0.4 is 10.2 Å². The molecule has 0 aliphatic carbocycles. The van der Waals surface area contributed by atoms with Gasteiger partial charge in [-0.15, -0.1) is 0 Å². The van der Waals surface area contributed by atoms with Crippen LogP contribution in [-0.4, -0.2) is 40.1 Å². The Labute approximate surface area is 195 Å². The molecule has 3 amide bonds. The zero-order valence-corrected chi connectivity index (χ0v) is 18.9. The van der Waals surface area contributed by atoms with Gasteiger partial charge in [0.2, 0.25) is 17.7 Å². The predicted octanol–water partition coefficient (Wildman–Crippen LogP) is 2.90. The van der Waals surface area contributed by atoms with Crippen molar-refractivity contribution in [3.8, 4) is 0 Å². The van der Waals surface area contributed by atoms with E-state index >= 15 is 0 Å². The lowest BCUT2D eigenvalue weighted by atomic mass is 9.75. The molecule has 1 spiro atoms. The number of carbonyl (C=O) groups is 3. The van der Waals surface area contributed by atoms with E-state index in [1.54, 1.807) is 6.92 Å². The molecule has 0 bridgehead atoms. The molecule has 0 radical (unpaired) electrons. The molecule has 0 aromatic heterocycles. The quantitative estimate of drug-likeness (QED) is 0.428. The highest BCUT2D eigenvalue weighted by Crippen LogP contribution is 2.60. The van der Waals surface area contributed by atoms with Gasteiger partial charge in [0, 0.05) is 29.4 Å². The number of carbonyl (C=O) groups excluding carboxylic acids is 3. The third-order valence-electron chi connectivity index (χ3n) is 8.10. The Morgan fingerprint density at radius 2 is 1.94 bits per heavy atom. The standard InChI is InChI=1S/C25H24N4O5/c1-3-14-6-8-17-16(12-14)25(24(32)26-17)21-20(19-5-4-10-27(19)25)22(30)28(23(21)31)18-9-7-15(29(33)34)11-13(18)2/h6-9,11-12,19-21H,3-5,10H2,1-2H3,(H,26,32)/t19-,20-,21+,25+/m1/s1. The van der Waals surface area contributed by atoms with Gasteiger partial charge >= 0.3 is 0 Å². The molecular formula is C25H24N4O5. The van der Waals surface area contributed by atoms with Gasteiger partial charge in [0.05, 0.1) is 22.4 Å². The lowest BCUT2D eigenvalue weighted by Gasteiger charge is -2.37. The van der Waals surface area contributed by atoms with Crippen LogP contribution >= 0.6 is 0 Å². The van der Waals surface area contributed by atoms with Gasteiger partial charge in [-0.05, 0) is 56.0 Å². The second-order valence-electron chi connectivity index (χ2n) is 9.60. The van der Waals surface area contributed by atoms with Crippen LogP contribution in [0.2, 0.25) is 0 Å². The number of non-ortho nitro benzene ring substituents is 1. The summed E-state index contributed by atoms with van der Waals surface area (Å²) < 4.78 is 0. The first kappa shape index (κ1) is 21.0. The van der Waals surface area contributed by atoms with Crippen molar-refractivity contribution in [3.63, 3.8) is 0 Å². The largest absolute Gasteiger partial charge is 0.324 e. The number of hydrogen-bond donors (Lipinski definition) is 1. The summed E-state index contributed by atoms with van der Waals surface area (Å²) in [7, 11) is 0. The van der Waals surface area contributed by atoms with Crippen LogP contribution in [0, 0.1) is 28.9 Å². The minimum atomic E-state index is -1.22. The highest BCUT2D eigenvalue weighted by molar-refractivity contribution is 6.26. The summed E-state index contributed by atoms with van der Waals surface area (Å²) >= 11 is 0. The molecule has 9 nitrogen and oxygen atoms in total. The van der Waals surface area contributed by atoms with Crippen molar-refractivity contribution in [3.05, 3.63) is 63.2 Å². The van der Waals surface area contributed by atoms with Gasteiger partial charge in [-0.25, -0.2) is 4.90 Å². The second kappa shape index (κ2) is 6.96. The van der Waals surface area contributed by atoms with Gasteiger partial charge in [-0.2, -0.15) is 0 Å². The van der Waals surface area contributed by atoms with Crippen LogP contribution in [0.15, 0.2) is 36.4 Å². The van der Waals surface area contributed by atoms with Crippen LogP contribution in [0.5, 0.6) is 0 Å². The van der Waals surface area contributed by atoms with Crippen molar-refractivity contribution in [2.24, 2.45) is 11.8 Å². The fourth-order valence-electron chi connectivity index (χ4n) is 6.71. The predicted molar refractivity (Wildman–Crippen MR) is 123 cm³/mol. The molecule has 4 atom stereocenters. The van der Waals surface area contributed by atoms with Crippen LogP contribution in [0.3, 0.4) is 0 Å². The van der Waals surface area contributed by atoms with Crippen LogP contribution in [0.25, 0.3) is 0 Å². The topological polar surface area (TPSA) is 113 Å². The molecule has 34 heavy (non-hydrogen) atoms. The highest BCUT2D eigenvalue weighted by Gasteiger charge is 2.74. The van der Waals surface area contributed by atoms with Crippen LogP contribution in [-0.2, 0) is 26.3 Å². The van der Waals surface area contributed by atoms with Gasteiger partial charge in [0.25, 0.3) is 5.69 Å². The van der Waals surface area contributed by atoms with Gasteiger partial charge in [0.15, 0.2) is 0 Å². The Hall–Kier alpha value is -3.59. The van der Waals surface area contributed by atoms with Gasteiger partial charge < -0.3 is 5.32 Å². The van der Waals surface area contributed by atoms with E-state index in [9.17, 15) is 24.5 Å². The first-order chi connectivity index (χ1) is 16.3. The van der Waals surface area contributed by atoms with E-state index in [2.05, 4.69) is 10.2 Å². The number of imide groups is 1. The fraction of sp³-hybridized carbons (Fsp3) is 0.400. The van der Waals surface area contributed by atoms with E-state index in [0.717, 1.165) is 30.4 Å². The molecule has 3 fully saturated rings. The van der Waals surface area contributed by atoms with E-state index in [1.807, 2.05) is 25.1 Å². The Bertz CT molecular complexity index is 1310. The third kappa shape index (κ3) is 2.39. The monoisotopic (exact) mass is 460 g/mol. The molecule has 2 aromatic carbocycles. The number of benzene rings is 2. The number of fused-ring (bicyclic) bond motifs is 7. The minimum Gasteiger partial charge on any atom is -0.324 e. The molecule has 4 heterocycles. The van der Waals surface area contributed by atoms with Crippen molar-refractivity contribution in [2.45, 2.75) is 44.7 Å². The molecule has 4 aliphatic rings. The molecule has 3 saturated heterocycles. The average Bonchev–Trinajstić information content (AvgIpc) is 3.52. The Kier molecular flexibility index (Phi) is 4.29. The normalized spacial score (nSPS) is 29.5. The summed E-state index contributed by atoms with van der Waals surface area (Å²) in [5.74, 6) is -2.46. The Morgan fingerprint density at radius 1 is 1.15 bits per heavy atom. The number of nitrogens with one attached hydrogen (secondary N) is 1. The maximum atomic E-state index is 14.0. The number of rotatable bonds is 3. The highest BCUT2D eigenvalue weighted by atomic mass is 16.6. The Morgan fingerprint density at radius 3 is 2.65 bits per heavy atom. The number of amides is 3. The smallest absolute Gasteiger partial charge is 0.269 e. The van der Waals surface area contributed by atoms with Gasteiger partial charge in [-0.3, -0.25) is 29.4 Å². The first-order valence-corrected chi connectivity index (χ1v) is 11.6. The molecule has 174 valence electrons. The summed E-state index contributed by atoms with van der Waals surface area (Å²) in [5, 5.41) is 14.2. The van der Waals surface area contributed by atoms with Crippen molar-refractivity contribution < 1.29 is 19.3 Å². The molecule has 1 N–H and O–H groups in total. The van der Waals surface area contributed by atoms with E-state index in [-0.39, 0.29) is 23.5 Å². The third-order valence-corrected chi connectivity index (χ3v) is 8.10. The minimum absolute atomic E-state index is 0.102. The maximum Gasteiger partial charge on any atom is 0.269 e. The maximum absolute atomic E-state index is 14.0. The second-order valence-corrected chi connectivity index (χ2v) is 9.60. The summed E-state index contributed by atoms with van der Waals surface area (Å²) in [5.41, 5.74) is 2.03. The summed E-state index contributed by atoms with van der Waals surface area (Å²) in [6.07, 6.45) is 2.38. The van der Waals surface area contributed by atoms with E-state index < -0.39 is 28.2 Å². The van der Waals surface area contributed by atoms with E-state index in [1.165, 1.54) is 23.1 Å². The molecule has 0 unspecified atom stereocenters. The number of nitrogens with zero attached hydrogens (tertiary/aromatic N) is 3. The average molecular weight is 460 g/mol. The number of anilines is 2. The number of hydrogen-bond acceptors (Lipinski definition) is 6. The molecule has 4 aliphatic heterocycles. The van der Waals surface area contributed by atoms with Crippen molar-refractivity contribution >= 4 is 34.8 Å². The van der Waals surface area contributed by atoms with Crippen molar-refractivity contribution in [1.29, 1.82) is 0 Å². The SMILES string of the molecule is CCc1ccc2c(c1)[C@@]1(C(=O)N2)[C@@H]2C(=O)N(c3ccc([N+](=O)[O-])cc3C)C(=O)[C@@H]2[C@H]2CCCN21. The summed E-state index contributed by atoms with van der Waals surface area (Å²) in [6.45, 7) is 4.34.